The van der Waals surface area contributed by atoms with Crippen molar-refractivity contribution in [3.05, 3.63) is 35.7 Å². The van der Waals surface area contributed by atoms with Crippen LogP contribution in [0.3, 0.4) is 0 Å². The third kappa shape index (κ3) is 3.87. The van der Waals surface area contributed by atoms with Gasteiger partial charge in [-0.15, -0.1) is 0 Å². The number of rotatable bonds is 3. The molecule has 2 fully saturated rings. The molecule has 0 bridgehead atoms. The number of aliphatic hydroxyl groups is 1. The monoisotopic (exact) mass is 381 g/mol. The number of halogens is 3. The molecule has 1 aromatic carbocycles. The highest BCUT2D eigenvalue weighted by atomic mass is 19.4. The summed E-state index contributed by atoms with van der Waals surface area (Å²) in [7, 11) is 0. The van der Waals surface area contributed by atoms with Crippen LogP contribution in [0.2, 0.25) is 0 Å². The summed E-state index contributed by atoms with van der Waals surface area (Å²) in [5, 5.41) is 14.1. The lowest BCUT2D eigenvalue weighted by atomic mass is 9.94. The average molecular weight is 381 g/mol. The number of nitrogens with zero attached hydrogens (tertiary/aromatic N) is 3. The van der Waals surface area contributed by atoms with Gasteiger partial charge in [-0.2, -0.15) is 18.2 Å². The maximum Gasteiger partial charge on any atom is 0.416 e. The van der Waals surface area contributed by atoms with Crippen LogP contribution in [0.25, 0.3) is 11.4 Å². The van der Waals surface area contributed by atoms with E-state index in [1.54, 1.807) is 0 Å². The topological polar surface area (TPSA) is 62.4 Å². The van der Waals surface area contributed by atoms with Gasteiger partial charge in [0.2, 0.25) is 11.7 Å². The number of benzene rings is 1. The van der Waals surface area contributed by atoms with Gasteiger partial charge in [0, 0.05) is 18.2 Å². The second kappa shape index (κ2) is 7.24. The molecule has 1 saturated carbocycles. The van der Waals surface area contributed by atoms with Gasteiger partial charge in [-0.3, -0.25) is 4.90 Å². The molecule has 1 N–H and O–H groups in total. The first kappa shape index (κ1) is 18.4. The molecule has 4 rings (SSSR count). The van der Waals surface area contributed by atoms with E-state index in [9.17, 15) is 18.3 Å². The fraction of sp³-hybridized carbons (Fsp3) is 0.579. The van der Waals surface area contributed by atoms with E-state index in [-0.39, 0.29) is 11.9 Å². The highest BCUT2D eigenvalue weighted by molar-refractivity contribution is 5.54. The van der Waals surface area contributed by atoms with Crippen molar-refractivity contribution < 1.29 is 22.8 Å². The SMILES string of the molecule is O[C@@H]1C[C@@H](c2nc(-c3ccc(C(F)(F)F)cc3)no2)N(C2CCCCC2)C1. The Morgan fingerprint density at radius 2 is 1.78 bits per heavy atom. The number of β-amino-alcohol motifs (C(OH)–C–C–N with tert-alkyl or cyclic N) is 1. The summed E-state index contributed by atoms with van der Waals surface area (Å²) >= 11 is 0. The van der Waals surface area contributed by atoms with E-state index in [0.717, 1.165) is 25.0 Å². The summed E-state index contributed by atoms with van der Waals surface area (Å²) in [6.07, 6.45) is 1.54. The van der Waals surface area contributed by atoms with E-state index in [0.29, 0.717) is 30.5 Å². The number of aliphatic hydroxyl groups excluding tert-OH is 1. The number of aromatic nitrogens is 2. The van der Waals surface area contributed by atoms with E-state index < -0.39 is 17.8 Å². The first-order chi connectivity index (χ1) is 12.9. The van der Waals surface area contributed by atoms with Gasteiger partial charge in [0.1, 0.15) is 0 Å². The van der Waals surface area contributed by atoms with Crippen molar-refractivity contribution in [2.45, 2.75) is 62.9 Å². The van der Waals surface area contributed by atoms with E-state index in [1.165, 1.54) is 31.4 Å². The molecule has 8 heteroatoms. The van der Waals surface area contributed by atoms with Crippen LogP contribution in [-0.4, -0.2) is 38.8 Å². The molecular weight excluding hydrogens is 359 g/mol. The predicted octanol–water partition coefficient (Wildman–Crippen LogP) is 4.20. The molecule has 0 amide bonds. The van der Waals surface area contributed by atoms with E-state index in [1.807, 2.05) is 0 Å². The molecule has 2 atom stereocenters. The van der Waals surface area contributed by atoms with Gasteiger partial charge in [0.15, 0.2) is 0 Å². The first-order valence-electron chi connectivity index (χ1n) is 9.37. The minimum Gasteiger partial charge on any atom is -0.392 e. The van der Waals surface area contributed by atoms with Crippen LogP contribution >= 0.6 is 0 Å². The van der Waals surface area contributed by atoms with Gasteiger partial charge < -0.3 is 9.63 Å². The lowest BCUT2D eigenvalue weighted by Crippen LogP contribution is -2.37. The smallest absolute Gasteiger partial charge is 0.392 e. The molecule has 1 aliphatic heterocycles. The molecule has 1 aliphatic carbocycles. The molecule has 0 unspecified atom stereocenters. The maximum atomic E-state index is 12.7. The van der Waals surface area contributed by atoms with Gasteiger partial charge in [-0.1, -0.05) is 36.6 Å². The normalized spacial score (nSPS) is 25.2. The molecule has 0 spiro atoms. The van der Waals surface area contributed by atoms with Gasteiger partial charge >= 0.3 is 6.18 Å². The number of likely N-dealkylation sites (tertiary alicyclic amines) is 1. The highest BCUT2D eigenvalue weighted by Crippen LogP contribution is 2.38. The molecule has 2 aromatic rings. The quantitative estimate of drug-likeness (QED) is 0.864. The van der Waals surface area contributed by atoms with Crippen LogP contribution in [0.1, 0.15) is 56.0 Å². The predicted molar refractivity (Wildman–Crippen MR) is 91.7 cm³/mol. The lowest BCUT2D eigenvalue weighted by molar-refractivity contribution is -0.137. The Balaban J connectivity index is 1.54. The van der Waals surface area contributed by atoms with Crippen molar-refractivity contribution in [1.29, 1.82) is 0 Å². The third-order valence-corrected chi connectivity index (χ3v) is 5.56. The van der Waals surface area contributed by atoms with Crippen LogP contribution in [0.4, 0.5) is 13.2 Å². The molecule has 27 heavy (non-hydrogen) atoms. The Morgan fingerprint density at radius 1 is 1.07 bits per heavy atom. The zero-order valence-corrected chi connectivity index (χ0v) is 14.8. The van der Waals surface area contributed by atoms with Crippen LogP contribution in [0.5, 0.6) is 0 Å². The summed E-state index contributed by atoms with van der Waals surface area (Å²) in [6, 6.07) is 4.98. The van der Waals surface area contributed by atoms with Crippen molar-refractivity contribution in [3.63, 3.8) is 0 Å². The Bertz CT molecular complexity index is 769. The minimum atomic E-state index is -4.37. The van der Waals surface area contributed by atoms with Crippen molar-refractivity contribution in [1.82, 2.24) is 15.0 Å². The third-order valence-electron chi connectivity index (χ3n) is 5.56. The fourth-order valence-electron chi connectivity index (χ4n) is 4.19. The Morgan fingerprint density at radius 3 is 2.44 bits per heavy atom. The number of alkyl halides is 3. The molecular formula is C19H22F3N3O2. The van der Waals surface area contributed by atoms with Crippen molar-refractivity contribution >= 4 is 0 Å². The average Bonchev–Trinajstić information content (AvgIpc) is 3.28. The van der Waals surface area contributed by atoms with E-state index in [2.05, 4.69) is 15.0 Å². The fourth-order valence-corrected chi connectivity index (χ4v) is 4.19. The van der Waals surface area contributed by atoms with Crippen LogP contribution in [-0.2, 0) is 6.18 Å². The second-order valence-corrected chi connectivity index (χ2v) is 7.43. The van der Waals surface area contributed by atoms with E-state index >= 15 is 0 Å². The molecule has 2 heterocycles. The summed E-state index contributed by atoms with van der Waals surface area (Å²) in [5.74, 6) is 0.690. The minimum absolute atomic E-state index is 0.140. The molecule has 5 nitrogen and oxygen atoms in total. The Hall–Kier alpha value is -1.93. The zero-order chi connectivity index (χ0) is 19.0. The van der Waals surface area contributed by atoms with Gasteiger partial charge in [-0.25, -0.2) is 0 Å². The van der Waals surface area contributed by atoms with Gasteiger partial charge in [0.05, 0.1) is 17.7 Å². The molecule has 146 valence electrons. The van der Waals surface area contributed by atoms with Crippen LogP contribution in [0, 0.1) is 0 Å². The Kier molecular flexibility index (Phi) is 4.94. The number of hydrogen-bond acceptors (Lipinski definition) is 5. The summed E-state index contributed by atoms with van der Waals surface area (Å²) in [5.41, 5.74) is -0.238. The van der Waals surface area contributed by atoms with Crippen LogP contribution in [0.15, 0.2) is 28.8 Å². The standard InChI is InChI=1S/C19H22F3N3O2/c20-19(21,22)13-8-6-12(7-9-13)17-23-18(27-24-17)16-10-15(26)11-25(16)14-4-2-1-3-5-14/h6-9,14-16,26H,1-5,10-11H2/t15-,16+/m1/s1. The van der Waals surface area contributed by atoms with Gasteiger partial charge in [0.25, 0.3) is 0 Å². The molecule has 2 aliphatic rings. The largest absolute Gasteiger partial charge is 0.416 e. The summed E-state index contributed by atoms with van der Waals surface area (Å²) in [6.45, 7) is 0.591. The Labute approximate surface area is 155 Å². The summed E-state index contributed by atoms with van der Waals surface area (Å²) in [4.78, 5) is 6.68. The highest BCUT2D eigenvalue weighted by Gasteiger charge is 2.40. The molecule has 1 aromatic heterocycles. The molecule has 1 saturated heterocycles. The maximum absolute atomic E-state index is 12.7. The number of hydrogen-bond donors (Lipinski definition) is 1. The lowest BCUT2D eigenvalue weighted by Gasteiger charge is -2.33. The second-order valence-electron chi connectivity index (χ2n) is 7.43. The van der Waals surface area contributed by atoms with E-state index in [4.69, 9.17) is 4.52 Å². The van der Waals surface area contributed by atoms with Gasteiger partial charge in [-0.05, 0) is 31.4 Å². The zero-order valence-electron chi connectivity index (χ0n) is 14.8. The van der Waals surface area contributed by atoms with Crippen molar-refractivity contribution in [2.75, 3.05) is 6.54 Å². The molecule has 0 radical (unpaired) electrons. The first-order valence-corrected chi connectivity index (χ1v) is 9.37. The van der Waals surface area contributed by atoms with Crippen molar-refractivity contribution in [3.8, 4) is 11.4 Å². The van der Waals surface area contributed by atoms with Crippen molar-refractivity contribution in [2.24, 2.45) is 0 Å². The van der Waals surface area contributed by atoms with Crippen LogP contribution < -0.4 is 0 Å². The summed E-state index contributed by atoms with van der Waals surface area (Å²) < 4.78 is 43.6.